The van der Waals surface area contributed by atoms with Crippen LogP contribution in [0.4, 0.5) is 9.59 Å². The third-order valence-corrected chi connectivity index (χ3v) is 5.38. The van der Waals surface area contributed by atoms with Gasteiger partial charge in [-0.25, -0.2) is 28.8 Å². The first-order valence-electron chi connectivity index (χ1n) is 14.4. The number of hydrogen-bond donors (Lipinski definition) is 1. The Morgan fingerprint density at radius 3 is 1.20 bits per heavy atom. The van der Waals surface area contributed by atoms with E-state index in [9.17, 15) is 28.8 Å². The lowest BCUT2D eigenvalue weighted by atomic mass is 10.1. The molecule has 0 spiro atoms. The minimum absolute atomic E-state index is 0.0286. The molecule has 0 bridgehead atoms. The smallest absolute Gasteiger partial charge is 0.415 e. The van der Waals surface area contributed by atoms with Crippen LogP contribution >= 0.6 is 0 Å². The number of carbonyl (C=O) groups is 6. The second-order valence-electron chi connectivity index (χ2n) is 14.4. The molecule has 0 saturated heterocycles. The molecule has 0 radical (unpaired) electrons. The number of ether oxygens (including phenoxy) is 5. The van der Waals surface area contributed by atoms with E-state index >= 15 is 0 Å². The normalized spacial score (nSPS) is 18.5. The number of aliphatic carboxylic acids is 1. The van der Waals surface area contributed by atoms with Crippen molar-refractivity contribution in [1.29, 1.82) is 0 Å². The summed E-state index contributed by atoms with van der Waals surface area (Å²) in [5.41, 5.74) is -2.74. The largest absolute Gasteiger partial charge is 0.478 e. The van der Waals surface area contributed by atoms with Crippen molar-refractivity contribution < 1.29 is 57.6 Å². The molecule has 2 atom stereocenters. The predicted molar refractivity (Wildman–Crippen MR) is 160 cm³/mol. The molecule has 0 fully saturated rings. The fourth-order valence-corrected chi connectivity index (χ4v) is 3.77. The van der Waals surface area contributed by atoms with Crippen LogP contribution in [-0.2, 0) is 42.9 Å². The lowest BCUT2D eigenvalue weighted by Crippen LogP contribution is -2.44. The second kappa shape index (κ2) is 14.3. The average Bonchev–Trinajstić information content (AvgIpc) is 3.45. The molecular weight excluding hydrogens is 592 g/mol. The van der Waals surface area contributed by atoms with Crippen molar-refractivity contribution >= 4 is 36.1 Å². The highest BCUT2D eigenvalue weighted by Gasteiger charge is 2.42. The Labute approximate surface area is 264 Å². The fraction of sp³-hybridized carbons (Fsp3) is 0.677. The van der Waals surface area contributed by atoms with E-state index in [2.05, 4.69) is 4.74 Å². The highest BCUT2D eigenvalue weighted by atomic mass is 16.6. The molecule has 0 unspecified atom stereocenters. The number of nitrogens with zero attached hydrogens (tertiary/aromatic N) is 2. The highest BCUT2D eigenvalue weighted by molar-refractivity contribution is 5.94. The third kappa shape index (κ3) is 13.2. The van der Waals surface area contributed by atoms with Crippen LogP contribution in [0, 0.1) is 0 Å². The molecule has 2 aliphatic heterocycles. The van der Waals surface area contributed by atoms with E-state index in [-0.39, 0.29) is 24.0 Å². The monoisotopic (exact) mass is 640 g/mol. The number of amides is 2. The summed E-state index contributed by atoms with van der Waals surface area (Å²) >= 11 is 0. The molecule has 1 N–H and O–H groups in total. The summed E-state index contributed by atoms with van der Waals surface area (Å²) in [5.74, 6) is -3.03. The van der Waals surface area contributed by atoms with Crippen LogP contribution in [0.2, 0.25) is 0 Å². The molecular formula is C31H48N2O12. The summed E-state index contributed by atoms with van der Waals surface area (Å²) in [6.07, 6.45) is 0.843. The van der Waals surface area contributed by atoms with Gasteiger partial charge in [0.15, 0.2) is 0 Å². The number of carboxylic acids is 1. The minimum Gasteiger partial charge on any atom is -0.478 e. The zero-order valence-corrected chi connectivity index (χ0v) is 28.6. The lowest BCUT2D eigenvalue weighted by molar-refractivity contribution is -0.160. The Bertz CT molecular complexity index is 1220. The van der Waals surface area contributed by atoms with Crippen LogP contribution in [0.3, 0.4) is 0 Å². The second-order valence-corrected chi connectivity index (χ2v) is 14.4. The standard InChI is InChI=1S/C16H25NO6.C15H23NO6/c1-15(2,3)22-13(19)11-8-10(12(18)21-7)9-17(11)14(20)23-16(4,5)6;1-14(2,3)21-12(19)10-7-9(11(17)18)8-16(10)13(20)22-15(4,5)6/h9,11H,8H2,1-7H3;8,10H,7H2,1-6H3,(H,17,18)/t11-;10-/m00/s1. The zero-order valence-electron chi connectivity index (χ0n) is 28.6. The Morgan fingerprint density at radius 1 is 0.600 bits per heavy atom. The van der Waals surface area contributed by atoms with Gasteiger partial charge in [-0.05, 0) is 83.1 Å². The van der Waals surface area contributed by atoms with E-state index in [4.69, 9.17) is 24.1 Å². The van der Waals surface area contributed by atoms with Gasteiger partial charge in [-0.1, -0.05) is 0 Å². The van der Waals surface area contributed by atoms with Crippen molar-refractivity contribution in [2.45, 2.75) is 130 Å². The van der Waals surface area contributed by atoms with Crippen molar-refractivity contribution in [3.63, 3.8) is 0 Å². The summed E-state index contributed by atoms with van der Waals surface area (Å²) in [6, 6.07) is -1.97. The van der Waals surface area contributed by atoms with E-state index in [1.807, 2.05) is 0 Å². The molecule has 2 rings (SSSR count). The summed E-state index contributed by atoms with van der Waals surface area (Å²) in [5, 5.41) is 9.08. The number of carbonyl (C=O) groups excluding carboxylic acids is 5. The van der Waals surface area contributed by atoms with Crippen LogP contribution in [0.1, 0.15) is 95.9 Å². The summed E-state index contributed by atoms with van der Waals surface area (Å²) in [6.45, 7) is 20.5. The van der Waals surface area contributed by atoms with E-state index in [1.54, 1.807) is 83.1 Å². The van der Waals surface area contributed by atoms with Gasteiger partial charge in [0.05, 0.1) is 18.3 Å². The van der Waals surface area contributed by atoms with Crippen LogP contribution in [0.25, 0.3) is 0 Å². The maximum absolute atomic E-state index is 12.3. The first-order chi connectivity index (χ1) is 20.1. The maximum Gasteiger partial charge on any atom is 0.415 e. The molecule has 14 heteroatoms. The highest BCUT2D eigenvalue weighted by Crippen LogP contribution is 2.28. The Morgan fingerprint density at radius 2 is 0.911 bits per heavy atom. The molecule has 0 saturated carbocycles. The Hall–Kier alpha value is -4.10. The zero-order chi connectivity index (χ0) is 35.3. The number of esters is 3. The van der Waals surface area contributed by atoms with Gasteiger partial charge in [-0.3, -0.25) is 9.80 Å². The number of hydrogen-bond acceptors (Lipinski definition) is 11. The van der Waals surface area contributed by atoms with Gasteiger partial charge < -0.3 is 28.8 Å². The summed E-state index contributed by atoms with van der Waals surface area (Å²) in [4.78, 5) is 73.9. The van der Waals surface area contributed by atoms with Gasteiger partial charge in [0, 0.05) is 25.2 Å². The molecule has 0 aliphatic carbocycles. The van der Waals surface area contributed by atoms with Crippen LogP contribution in [0.15, 0.2) is 23.5 Å². The first kappa shape index (κ1) is 38.9. The van der Waals surface area contributed by atoms with Crippen molar-refractivity contribution in [3.05, 3.63) is 23.5 Å². The van der Waals surface area contributed by atoms with Gasteiger partial charge in [-0.15, -0.1) is 0 Å². The van der Waals surface area contributed by atoms with Gasteiger partial charge in [-0.2, -0.15) is 0 Å². The fourth-order valence-electron chi connectivity index (χ4n) is 3.77. The van der Waals surface area contributed by atoms with Gasteiger partial charge in [0.2, 0.25) is 0 Å². The van der Waals surface area contributed by atoms with E-state index in [0.717, 1.165) is 16.0 Å². The van der Waals surface area contributed by atoms with Crippen LogP contribution in [-0.4, -0.2) is 92.6 Å². The topological polar surface area (TPSA) is 175 Å². The maximum atomic E-state index is 12.3. The Balaban J connectivity index is 0.000000450. The third-order valence-electron chi connectivity index (χ3n) is 5.38. The number of carboxylic acid groups (broad SMARTS) is 1. The molecule has 14 nitrogen and oxygen atoms in total. The molecule has 0 aromatic carbocycles. The van der Waals surface area contributed by atoms with Crippen LogP contribution < -0.4 is 0 Å². The van der Waals surface area contributed by atoms with Gasteiger partial charge in [0.1, 0.15) is 34.5 Å². The van der Waals surface area contributed by atoms with E-state index in [1.165, 1.54) is 13.3 Å². The molecule has 2 heterocycles. The molecule has 2 aliphatic rings. The van der Waals surface area contributed by atoms with Crippen molar-refractivity contribution in [1.82, 2.24) is 9.80 Å². The van der Waals surface area contributed by atoms with Crippen molar-refractivity contribution in [2.75, 3.05) is 7.11 Å². The quantitative estimate of drug-likeness (QED) is 0.332. The van der Waals surface area contributed by atoms with E-state index < -0.39 is 70.6 Å². The van der Waals surface area contributed by atoms with Gasteiger partial charge >= 0.3 is 36.1 Å². The predicted octanol–water partition coefficient (Wildman–Crippen LogP) is 4.70. The van der Waals surface area contributed by atoms with E-state index in [0.29, 0.717) is 0 Å². The molecule has 0 aromatic rings. The lowest BCUT2D eigenvalue weighted by Gasteiger charge is -2.29. The van der Waals surface area contributed by atoms with Gasteiger partial charge in [0.25, 0.3) is 0 Å². The molecule has 2 amide bonds. The minimum atomic E-state index is -1.18. The molecule has 0 aromatic heterocycles. The molecule has 45 heavy (non-hydrogen) atoms. The summed E-state index contributed by atoms with van der Waals surface area (Å²) in [7, 11) is 1.24. The van der Waals surface area contributed by atoms with Crippen molar-refractivity contribution in [3.8, 4) is 0 Å². The Kier molecular flexibility index (Phi) is 12.4. The van der Waals surface area contributed by atoms with Crippen LogP contribution in [0.5, 0.6) is 0 Å². The number of rotatable bonds is 4. The van der Waals surface area contributed by atoms with Crippen molar-refractivity contribution in [2.24, 2.45) is 0 Å². The summed E-state index contributed by atoms with van der Waals surface area (Å²) < 4.78 is 25.7. The number of methoxy groups -OCH3 is 1. The first-order valence-corrected chi connectivity index (χ1v) is 14.4. The molecule has 254 valence electrons. The average molecular weight is 641 g/mol. The SMILES string of the molecule is CC(C)(C)OC(=O)[C@@H]1CC(C(=O)O)=CN1C(=O)OC(C)(C)C.COC(=O)C1=CN(C(=O)OC(C)(C)C)[C@H](C(=O)OC(C)(C)C)C1.